The number of nitrogens with one attached hydrogen (secondary N) is 2. The van der Waals surface area contributed by atoms with E-state index in [0.717, 1.165) is 42.3 Å². The number of hydrogen-bond acceptors (Lipinski definition) is 7. The van der Waals surface area contributed by atoms with Gasteiger partial charge in [-0.05, 0) is 74.3 Å². The number of carbonyl (C=O) groups is 3. The van der Waals surface area contributed by atoms with Gasteiger partial charge in [-0.1, -0.05) is 30.3 Å². The SMILES string of the molecule is C[C@@H](OCc1ccc(CCCCc2ccc3c(c2)n(C)c(=O)n3C2CCC(=O)NC2=O)cc1)[C@H](CCC(N)=O)NCO. The largest absolute Gasteiger partial charge is 0.381 e. The fraction of sp³-hybridized carbons (Fsp3) is 0.484. The number of carbonyl (C=O) groups excluding carboxylic acids is 3. The molecule has 1 aromatic heterocycles. The van der Waals surface area contributed by atoms with Crippen molar-refractivity contribution in [2.24, 2.45) is 12.8 Å². The Labute approximate surface area is 245 Å². The number of aromatic nitrogens is 2. The lowest BCUT2D eigenvalue weighted by Crippen LogP contribution is -2.44. The smallest absolute Gasteiger partial charge is 0.329 e. The van der Waals surface area contributed by atoms with Crippen molar-refractivity contribution in [2.75, 3.05) is 6.73 Å². The summed E-state index contributed by atoms with van der Waals surface area (Å²) in [6.45, 7) is 2.14. The highest BCUT2D eigenvalue weighted by atomic mass is 16.5. The number of ether oxygens (including phenoxy) is 1. The van der Waals surface area contributed by atoms with E-state index < -0.39 is 11.9 Å². The van der Waals surface area contributed by atoms with E-state index >= 15 is 0 Å². The van der Waals surface area contributed by atoms with E-state index in [2.05, 4.69) is 34.9 Å². The molecule has 3 amide bonds. The Morgan fingerprint density at radius 2 is 1.74 bits per heavy atom. The first-order valence-electron chi connectivity index (χ1n) is 14.5. The minimum absolute atomic E-state index is 0.169. The maximum Gasteiger partial charge on any atom is 0.329 e. The van der Waals surface area contributed by atoms with Gasteiger partial charge in [0.1, 0.15) is 6.04 Å². The predicted octanol–water partition coefficient (Wildman–Crippen LogP) is 1.96. The maximum absolute atomic E-state index is 13.0. The molecule has 0 aliphatic carbocycles. The third kappa shape index (κ3) is 7.72. The van der Waals surface area contributed by atoms with Crippen molar-refractivity contribution < 1.29 is 24.2 Å². The third-order valence-electron chi connectivity index (χ3n) is 8.01. The van der Waals surface area contributed by atoms with Crippen LogP contribution in [0.3, 0.4) is 0 Å². The first kappa shape index (κ1) is 31.1. The number of fused-ring (bicyclic) bond motifs is 1. The molecule has 0 spiro atoms. The van der Waals surface area contributed by atoms with Crippen LogP contribution in [0.4, 0.5) is 0 Å². The number of imide groups is 1. The van der Waals surface area contributed by atoms with Crippen LogP contribution in [0.15, 0.2) is 47.3 Å². The van der Waals surface area contributed by atoms with Crippen molar-refractivity contribution in [3.63, 3.8) is 0 Å². The summed E-state index contributed by atoms with van der Waals surface area (Å²) >= 11 is 0. The van der Waals surface area contributed by atoms with Gasteiger partial charge in [-0.25, -0.2) is 4.79 Å². The van der Waals surface area contributed by atoms with E-state index in [9.17, 15) is 24.3 Å². The van der Waals surface area contributed by atoms with Gasteiger partial charge in [0.05, 0.1) is 30.5 Å². The second-order valence-corrected chi connectivity index (χ2v) is 11.0. The number of hydrogen-bond donors (Lipinski definition) is 4. The standard InChI is InChI=1S/C31H41N5O6/c1-20(24(33-19-37)12-15-28(32)38)42-18-23-9-7-21(8-10-23)5-3-4-6-22-11-13-25-27(17-22)35(2)31(41)36(25)26-14-16-29(39)34-30(26)40/h7-11,13,17,20,24,26,33,37H,3-6,12,14-16,18-19H2,1-2H3,(H2,32,38)(H,34,39,40)/t20-,24+,26?/m1/s1. The van der Waals surface area contributed by atoms with Gasteiger partial charge in [-0.2, -0.15) is 0 Å². The van der Waals surface area contributed by atoms with Crippen molar-refractivity contribution in [1.82, 2.24) is 19.8 Å². The number of imidazole rings is 1. The Bertz CT molecular complexity index is 1460. The van der Waals surface area contributed by atoms with Crippen LogP contribution >= 0.6 is 0 Å². The van der Waals surface area contributed by atoms with Crippen molar-refractivity contribution in [1.29, 1.82) is 0 Å². The molecule has 4 rings (SSSR count). The number of rotatable bonds is 15. The van der Waals surface area contributed by atoms with Gasteiger partial charge in [-0.3, -0.25) is 34.2 Å². The molecule has 2 heterocycles. The first-order valence-corrected chi connectivity index (χ1v) is 14.5. The van der Waals surface area contributed by atoms with E-state index in [4.69, 9.17) is 10.5 Å². The number of aryl methyl sites for hydroxylation is 3. The number of piperidine rings is 1. The number of aliphatic hydroxyl groups excluding tert-OH is 1. The van der Waals surface area contributed by atoms with Crippen molar-refractivity contribution in [3.05, 3.63) is 69.6 Å². The third-order valence-corrected chi connectivity index (χ3v) is 8.01. The molecule has 1 aliphatic rings. The van der Waals surface area contributed by atoms with Crippen LogP contribution in [-0.4, -0.2) is 50.8 Å². The number of nitrogens with zero attached hydrogens (tertiary/aromatic N) is 2. The lowest BCUT2D eigenvalue weighted by Gasteiger charge is -2.24. The molecule has 226 valence electrons. The summed E-state index contributed by atoms with van der Waals surface area (Å²) in [5.74, 6) is -1.11. The topological polar surface area (TPSA) is 158 Å². The molecule has 0 saturated carbocycles. The number of nitrogens with two attached hydrogens (primary N) is 1. The summed E-state index contributed by atoms with van der Waals surface area (Å²) in [5.41, 5.74) is 9.89. The Morgan fingerprint density at radius 1 is 1.07 bits per heavy atom. The van der Waals surface area contributed by atoms with Gasteiger partial charge in [0.25, 0.3) is 0 Å². The molecular formula is C31H41N5O6. The van der Waals surface area contributed by atoms with Gasteiger partial charge in [-0.15, -0.1) is 0 Å². The molecule has 3 atom stereocenters. The molecule has 1 fully saturated rings. The average Bonchev–Trinajstić information content (AvgIpc) is 3.21. The van der Waals surface area contributed by atoms with E-state index in [-0.39, 0.29) is 49.2 Å². The Morgan fingerprint density at radius 3 is 2.40 bits per heavy atom. The maximum atomic E-state index is 13.0. The minimum atomic E-state index is -0.681. The summed E-state index contributed by atoms with van der Waals surface area (Å²) in [6, 6.07) is 13.4. The summed E-state index contributed by atoms with van der Waals surface area (Å²) < 4.78 is 9.05. The molecule has 42 heavy (non-hydrogen) atoms. The molecule has 11 nitrogen and oxygen atoms in total. The first-order chi connectivity index (χ1) is 20.2. The quantitative estimate of drug-likeness (QED) is 0.122. The molecular weight excluding hydrogens is 538 g/mol. The normalized spacial score (nSPS) is 16.9. The number of amides is 3. The molecule has 3 aromatic rings. The zero-order chi connectivity index (χ0) is 30.2. The fourth-order valence-electron chi connectivity index (χ4n) is 5.52. The predicted molar refractivity (Wildman–Crippen MR) is 158 cm³/mol. The highest BCUT2D eigenvalue weighted by Gasteiger charge is 2.31. The van der Waals surface area contributed by atoms with Crippen LogP contribution in [0.5, 0.6) is 0 Å². The molecule has 2 aromatic carbocycles. The van der Waals surface area contributed by atoms with E-state index in [0.29, 0.717) is 25.0 Å². The molecule has 0 bridgehead atoms. The zero-order valence-electron chi connectivity index (χ0n) is 24.3. The van der Waals surface area contributed by atoms with Crippen LogP contribution in [-0.2, 0) is 45.6 Å². The number of unbranched alkanes of at least 4 members (excludes halogenated alkanes) is 1. The molecule has 11 heteroatoms. The molecule has 5 N–H and O–H groups in total. The molecule has 0 radical (unpaired) electrons. The summed E-state index contributed by atoms with van der Waals surface area (Å²) in [5, 5.41) is 14.5. The fourth-order valence-corrected chi connectivity index (χ4v) is 5.52. The highest BCUT2D eigenvalue weighted by Crippen LogP contribution is 2.24. The van der Waals surface area contributed by atoms with Gasteiger partial charge in [0.15, 0.2) is 0 Å². The Hall–Kier alpha value is -3.80. The monoisotopic (exact) mass is 579 g/mol. The van der Waals surface area contributed by atoms with Gasteiger partial charge in [0.2, 0.25) is 17.7 Å². The zero-order valence-corrected chi connectivity index (χ0v) is 24.3. The number of primary amides is 1. The van der Waals surface area contributed by atoms with Crippen LogP contribution in [0.25, 0.3) is 11.0 Å². The Balaban J connectivity index is 1.27. The van der Waals surface area contributed by atoms with E-state index in [1.807, 2.05) is 25.1 Å². The lowest BCUT2D eigenvalue weighted by molar-refractivity contribution is -0.135. The lowest BCUT2D eigenvalue weighted by atomic mass is 10.0. The molecule has 1 unspecified atom stereocenters. The number of benzene rings is 2. The molecule has 1 aliphatic heterocycles. The van der Waals surface area contributed by atoms with Crippen LogP contribution in [0.2, 0.25) is 0 Å². The summed E-state index contributed by atoms with van der Waals surface area (Å²) in [6.07, 6.45) is 4.87. The van der Waals surface area contributed by atoms with Crippen LogP contribution < -0.4 is 22.1 Å². The van der Waals surface area contributed by atoms with E-state index in [1.54, 1.807) is 11.6 Å². The van der Waals surface area contributed by atoms with Crippen molar-refractivity contribution in [3.8, 4) is 0 Å². The second kappa shape index (κ2) is 14.4. The van der Waals surface area contributed by atoms with E-state index in [1.165, 1.54) is 10.1 Å². The minimum Gasteiger partial charge on any atom is -0.381 e. The van der Waals surface area contributed by atoms with Crippen molar-refractivity contribution in [2.45, 2.75) is 83.1 Å². The molecule has 1 saturated heterocycles. The van der Waals surface area contributed by atoms with Gasteiger partial charge >= 0.3 is 5.69 Å². The van der Waals surface area contributed by atoms with Gasteiger partial charge in [0, 0.05) is 25.9 Å². The van der Waals surface area contributed by atoms with Crippen LogP contribution in [0, 0.1) is 0 Å². The van der Waals surface area contributed by atoms with Gasteiger partial charge < -0.3 is 15.6 Å². The average molecular weight is 580 g/mol. The van der Waals surface area contributed by atoms with Crippen molar-refractivity contribution >= 4 is 28.8 Å². The highest BCUT2D eigenvalue weighted by molar-refractivity contribution is 6.00. The summed E-state index contributed by atoms with van der Waals surface area (Å²) in [7, 11) is 1.71. The summed E-state index contributed by atoms with van der Waals surface area (Å²) in [4.78, 5) is 48.0. The van der Waals surface area contributed by atoms with Crippen LogP contribution in [0.1, 0.15) is 68.2 Å². The number of aliphatic hydroxyl groups is 1. The second-order valence-electron chi connectivity index (χ2n) is 11.0. The Kier molecular flexibility index (Phi) is 10.7.